The van der Waals surface area contributed by atoms with Crippen LogP contribution in [-0.4, -0.2) is 48.4 Å². The SMILES string of the molecule is CCC(N)C(c1ccc(F)cc1)N1CCN(C)C(=O)C1. The fraction of sp³-hybridized carbons (Fsp3) is 0.533. The predicted octanol–water partition coefficient (Wildman–Crippen LogP) is 1.38. The van der Waals surface area contributed by atoms with Gasteiger partial charge in [0.05, 0.1) is 12.6 Å². The average Bonchev–Trinajstić information content (AvgIpc) is 2.45. The lowest BCUT2D eigenvalue weighted by molar-refractivity contribution is -0.135. The molecule has 2 rings (SSSR count). The Balaban J connectivity index is 2.24. The first-order chi connectivity index (χ1) is 9.52. The molecule has 0 radical (unpaired) electrons. The van der Waals surface area contributed by atoms with Crippen molar-refractivity contribution in [1.29, 1.82) is 0 Å². The topological polar surface area (TPSA) is 49.6 Å². The Morgan fingerprint density at radius 3 is 2.50 bits per heavy atom. The number of amides is 1. The number of hydrogen-bond donors (Lipinski definition) is 1. The Labute approximate surface area is 119 Å². The van der Waals surface area contributed by atoms with Crippen LogP contribution in [0.1, 0.15) is 24.9 Å². The highest BCUT2D eigenvalue weighted by Crippen LogP contribution is 2.26. The lowest BCUT2D eigenvalue weighted by Gasteiger charge is -2.40. The van der Waals surface area contributed by atoms with Crippen molar-refractivity contribution in [3.63, 3.8) is 0 Å². The minimum absolute atomic E-state index is 0.0433. The minimum Gasteiger partial charge on any atom is -0.343 e. The normalized spacial score (nSPS) is 20.0. The van der Waals surface area contributed by atoms with Gasteiger partial charge in [-0.3, -0.25) is 9.69 Å². The standard InChI is InChI=1S/C15H22FN3O/c1-3-13(17)15(11-4-6-12(16)7-5-11)19-9-8-18(2)14(20)10-19/h4-7,13,15H,3,8-10,17H2,1-2H3. The van der Waals surface area contributed by atoms with Gasteiger partial charge in [-0.2, -0.15) is 0 Å². The molecule has 1 aromatic rings. The highest BCUT2D eigenvalue weighted by Gasteiger charge is 2.31. The zero-order chi connectivity index (χ0) is 14.7. The molecule has 20 heavy (non-hydrogen) atoms. The fourth-order valence-electron chi connectivity index (χ4n) is 2.63. The molecule has 110 valence electrons. The van der Waals surface area contributed by atoms with Crippen molar-refractivity contribution in [2.24, 2.45) is 5.73 Å². The molecular weight excluding hydrogens is 257 g/mol. The molecule has 2 atom stereocenters. The van der Waals surface area contributed by atoms with Crippen LogP contribution in [0.4, 0.5) is 4.39 Å². The maximum Gasteiger partial charge on any atom is 0.236 e. The predicted molar refractivity (Wildman–Crippen MR) is 76.6 cm³/mol. The molecule has 1 aromatic carbocycles. The Morgan fingerprint density at radius 1 is 1.30 bits per heavy atom. The summed E-state index contributed by atoms with van der Waals surface area (Å²) in [5.41, 5.74) is 7.21. The van der Waals surface area contributed by atoms with E-state index in [-0.39, 0.29) is 23.8 Å². The summed E-state index contributed by atoms with van der Waals surface area (Å²) >= 11 is 0. The van der Waals surface area contributed by atoms with E-state index in [4.69, 9.17) is 5.73 Å². The van der Waals surface area contributed by atoms with Gasteiger partial charge < -0.3 is 10.6 Å². The van der Waals surface area contributed by atoms with E-state index in [1.165, 1.54) is 12.1 Å². The van der Waals surface area contributed by atoms with Gasteiger partial charge in [0.15, 0.2) is 0 Å². The molecule has 4 nitrogen and oxygen atoms in total. The van der Waals surface area contributed by atoms with Gasteiger partial charge in [0.1, 0.15) is 5.82 Å². The quantitative estimate of drug-likeness (QED) is 0.906. The van der Waals surface area contributed by atoms with Gasteiger partial charge in [0.25, 0.3) is 0 Å². The number of rotatable bonds is 4. The van der Waals surface area contributed by atoms with Crippen molar-refractivity contribution in [3.05, 3.63) is 35.6 Å². The second kappa shape index (κ2) is 6.33. The van der Waals surface area contributed by atoms with Crippen LogP contribution in [0.5, 0.6) is 0 Å². The van der Waals surface area contributed by atoms with Crippen LogP contribution in [0.15, 0.2) is 24.3 Å². The Kier molecular flexibility index (Phi) is 4.73. The van der Waals surface area contributed by atoms with Crippen LogP contribution < -0.4 is 5.73 Å². The molecule has 1 aliphatic rings. The number of nitrogens with zero attached hydrogens (tertiary/aromatic N) is 2. The number of hydrogen-bond acceptors (Lipinski definition) is 3. The Morgan fingerprint density at radius 2 is 1.95 bits per heavy atom. The molecule has 2 N–H and O–H groups in total. The number of benzene rings is 1. The summed E-state index contributed by atoms with van der Waals surface area (Å²) in [5, 5.41) is 0. The van der Waals surface area contributed by atoms with Crippen LogP contribution in [0, 0.1) is 5.82 Å². The third-order valence-corrected chi connectivity index (χ3v) is 3.97. The molecule has 5 heteroatoms. The molecule has 0 saturated carbocycles. The lowest BCUT2D eigenvalue weighted by Crippen LogP contribution is -2.52. The molecule has 1 heterocycles. The number of nitrogens with two attached hydrogens (primary N) is 1. The van der Waals surface area contributed by atoms with Gasteiger partial charge >= 0.3 is 0 Å². The van der Waals surface area contributed by atoms with Gasteiger partial charge in [-0.05, 0) is 24.1 Å². The van der Waals surface area contributed by atoms with Gasteiger partial charge in [0, 0.05) is 26.2 Å². The fourth-order valence-corrected chi connectivity index (χ4v) is 2.63. The lowest BCUT2D eigenvalue weighted by atomic mass is 9.95. The maximum absolute atomic E-state index is 13.1. The van der Waals surface area contributed by atoms with E-state index in [2.05, 4.69) is 4.90 Å². The molecule has 2 unspecified atom stereocenters. The van der Waals surface area contributed by atoms with E-state index >= 15 is 0 Å². The first kappa shape index (κ1) is 14.9. The van der Waals surface area contributed by atoms with Crippen LogP contribution in [-0.2, 0) is 4.79 Å². The summed E-state index contributed by atoms with van der Waals surface area (Å²) in [4.78, 5) is 15.7. The zero-order valence-electron chi connectivity index (χ0n) is 12.1. The van der Waals surface area contributed by atoms with Gasteiger partial charge in [-0.15, -0.1) is 0 Å². The van der Waals surface area contributed by atoms with Crippen molar-refractivity contribution in [2.75, 3.05) is 26.7 Å². The van der Waals surface area contributed by atoms with Crippen molar-refractivity contribution in [2.45, 2.75) is 25.4 Å². The highest BCUT2D eigenvalue weighted by molar-refractivity contribution is 5.78. The van der Waals surface area contributed by atoms with Crippen LogP contribution >= 0.6 is 0 Å². The second-order valence-electron chi connectivity index (χ2n) is 5.35. The minimum atomic E-state index is -0.257. The molecule has 1 amide bonds. The molecular formula is C15H22FN3O. The second-order valence-corrected chi connectivity index (χ2v) is 5.35. The summed E-state index contributed by atoms with van der Waals surface area (Å²) in [5.74, 6) is -0.154. The third kappa shape index (κ3) is 3.16. The number of likely N-dealkylation sites (N-methyl/N-ethyl adjacent to an activating group) is 1. The highest BCUT2D eigenvalue weighted by atomic mass is 19.1. The summed E-state index contributed by atoms with van der Waals surface area (Å²) in [6.45, 7) is 3.89. The Hall–Kier alpha value is -1.46. The first-order valence-corrected chi connectivity index (χ1v) is 7.02. The Bertz CT molecular complexity index is 463. The summed E-state index contributed by atoms with van der Waals surface area (Å²) in [6.07, 6.45) is 0.808. The van der Waals surface area contributed by atoms with Gasteiger partial charge in [-0.25, -0.2) is 4.39 Å². The summed E-state index contributed by atoms with van der Waals surface area (Å²) < 4.78 is 13.1. The molecule has 0 spiro atoms. The van der Waals surface area contributed by atoms with E-state index in [0.29, 0.717) is 13.1 Å². The van der Waals surface area contributed by atoms with Crippen LogP contribution in [0.2, 0.25) is 0 Å². The first-order valence-electron chi connectivity index (χ1n) is 7.02. The summed E-state index contributed by atoms with van der Waals surface area (Å²) in [7, 11) is 1.81. The molecule has 0 aliphatic carbocycles. The molecule has 0 bridgehead atoms. The van der Waals surface area contributed by atoms with Crippen molar-refractivity contribution in [3.8, 4) is 0 Å². The molecule has 1 aliphatic heterocycles. The maximum atomic E-state index is 13.1. The van der Waals surface area contributed by atoms with E-state index in [0.717, 1.165) is 18.5 Å². The van der Waals surface area contributed by atoms with E-state index in [1.54, 1.807) is 17.0 Å². The van der Waals surface area contributed by atoms with E-state index in [9.17, 15) is 9.18 Å². The number of piperazine rings is 1. The van der Waals surface area contributed by atoms with Crippen molar-refractivity contribution in [1.82, 2.24) is 9.80 Å². The van der Waals surface area contributed by atoms with Crippen LogP contribution in [0.25, 0.3) is 0 Å². The van der Waals surface area contributed by atoms with Gasteiger partial charge in [0.2, 0.25) is 5.91 Å². The van der Waals surface area contributed by atoms with E-state index in [1.807, 2.05) is 14.0 Å². The van der Waals surface area contributed by atoms with Crippen molar-refractivity contribution < 1.29 is 9.18 Å². The molecule has 0 aromatic heterocycles. The number of carbonyl (C=O) groups excluding carboxylic acids is 1. The monoisotopic (exact) mass is 279 g/mol. The van der Waals surface area contributed by atoms with Gasteiger partial charge in [-0.1, -0.05) is 19.1 Å². The van der Waals surface area contributed by atoms with Crippen molar-refractivity contribution >= 4 is 5.91 Å². The smallest absolute Gasteiger partial charge is 0.236 e. The average molecular weight is 279 g/mol. The largest absolute Gasteiger partial charge is 0.343 e. The zero-order valence-corrected chi connectivity index (χ0v) is 12.1. The molecule has 1 fully saturated rings. The summed E-state index contributed by atoms with van der Waals surface area (Å²) in [6, 6.07) is 6.30. The molecule has 1 saturated heterocycles. The van der Waals surface area contributed by atoms with E-state index < -0.39 is 0 Å². The number of carbonyl (C=O) groups is 1. The number of halogens is 1. The van der Waals surface area contributed by atoms with Crippen LogP contribution in [0.3, 0.4) is 0 Å². The third-order valence-electron chi connectivity index (χ3n) is 3.97.